The number of hydrogen-bond donors (Lipinski definition) is 1. The van der Waals surface area contributed by atoms with Crippen molar-refractivity contribution in [3.63, 3.8) is 0 Å². The first-order chi connectivity index (χ1) is 8.26. The summed E-state index contributed by atoms with van der Waals surface area (Å²) in [6.45, 7) is 14.2. The van der Waals surface area contributed by atoms with Crippen LogP contribution >= 0.6 is 0 Å². The molecule has 1 N–H and O–H groups in total. The highest BCUT2D eigenvalue weighted by molar-refractivity contribution is 4.87. The molecule has 1 rings (SSSR count). The van der Waals surface area contributed by atoms with Gasteiger partial charge in [0.2, 0.25) is 0 Å². The van der Waals surface area contributed by atoms with Gasteiger partial charge in [-0.15, -0.1) is 0 Å². The van der Waals surface area contributed by atoms with E-state index in [0.717, 1.165) is 26.3 Å². The van der Waals surface area contributed by atoms with Crippen LogP contribution in [0.5, 0.6) is 0 Å². The predicted molar refractivity (Wildman–Crippen MR) is 73.4 cm³/mol. The van der Waals surface area contributed by atoms with Crippen LogP contribution in [0.25, 0.3) is 0 Å². The van der Waals surface area contributed by atoms with Gasteiger partial charge in [0, 0.05) is 26.2 Å². The number of nitrogens with one attached hydrogen (secondary N) is 1. The molecule has 0 aliphatic carbocycles. The highest BCUT2D eigenvalue weighted by Crippen LogP contribution is 2.30. The maximum absolute atomic E-state index is 5.46. The molecule has 1 fully saturated rings. The van der Waals surface area contributed by atoms with Crippen molar-refractivity contribution < 1.29 is 4.74 Å². The zero-order valence-electron chi connectivity index (χ0n) is 11.9. The number of rotatable bonds is 8. The van der Waals surface area contributed by atoms with Gasteiger partial charge >= 0.3 is 0 Å². The summed E-state index contributed by atoms with van der Waals surface area (Å²) in [7, 11) is 0. The summed E-state index contributed by atoms with van der Waals surface area (Å²) < 4.78 is 5.46. The Morgan fingerprint density at radius 2 is 2.12 bits per heavy atom. The molecule has 1 saturated heterocycles. The van der Waals surface area contributed by atoms with Crippen molar-refractivity contribution >= 4 is 0 Å². The second-order valence-electron chi connectivity index (χ2n) is 5.20. The van der Waals surface area contributed by atoms with Crippen molar-refractivity contribution in [1.82, 2.24) is 10.2 Å². The predicted octanol–water partition coefficient (Wildman–Crippen LogP) is 2.12. The van der Waals surface area contributed by atoms with E-state index < -0.39 is 0 Å². The summed E-state index contributed by atoms with van der Waals surface area (Å²) in [6.07, 6.45) is 3.99. The molecule has 17 heavy (non-hydrogen) atoms. The van der Waals surface area contributed by atoms with Crippen LogP contribution in [0, 0.1) is 5.41 Å². The standard InChI is InChI=1S/C14H30N2O/c1-4-14(8-7-9-15-12-14)13-16(5-2)10-11-17-6-3/h15H,4-13H2,1-3H3. The maximum atomic E-state index is 5.46. The molecule has 3 nitrogen and oxygen atoms in total. The average Bonchev–Trinajstić information content (AvgIpc) is 2.39. The van der Waals surface area contributed by atoms with E-state index >= 15 is 0 Å². The second-order valence-corrected chi connectivity index (χ2v) is 5.20. The Kier molecular flexibility index (Phi) is 7.09. The number of ether oxygens (including phenoxy) is 1. The van der Waals surface area contributed by atoms with Crippen LogP contribution in [0.15, 0.2) is 0 Å². The third kappa shape index (κ3) is 4.94. The lowest BCUT2D eigenvalue weighted by molar-refractivity contribution is 0.0752. The highest BCUT2D eigenvalue weighted by atomic mass is 16.5. The molecule has 1 unspecified atom stereocenters. The summed E-state index contributed by atoms with van der Waals surface area (Å²) >= 11 is 0. The Bertz CT molecular complexity index is 191. The molecule has 0 amide bonds. The molecule has 1 aliphatic rings. The van der Waals surface area contributed by atoms with Crippen LogP contribution < -0.4 is 5.32 Å². The lowest BCUT2D eigenvalue weighted by Gasteiger charge is -2.40. The van der Waals surface area contributed by atoms with Gasteiger partial charge in [-0.05, 0) is 44.7 Å². The Morgan fingerprint density at radius 1 is 1.29 bits per heavy atom. The van der Waals surface area contributed by atoms with Gasteiger partial charge in [0.15, 0.2) is 0 Å². The average molecular weight is 242 g/mol. The van der Waals surface area contributed by atoms with Crippen LogP contribution in [-0.4, -0.2) is 50.8 Å². The summed E-state index contributed by atoms with van der Waals surface area (Å²) in [4.78, 5) is 2.55. The smallest absolute Gasteiger partial charge is 0.0593 e. The number of hydrogen-bond acceptors (Lipinski definition) is 3. The van der Waals surface area contributed by atoms with Crippen LogP contribution in [-0.2, 0) is 4.74 Å². The van der Waals surface area contributed by atoms with E-state index in [-0.39, 0.29) is 0 Å². The Morgan fingerprint density at radius 3 is 2.65 bits per heavy atom. The monoisotopic (exact) mass is 242 g/mol. The zero-order valence-corrected chi connectivity index (χ0v) is 11.9. The lowest BCUT2D eigenvalue weighted by atomic mass is 9.78. The van der Waals surface area contributed by atoms with Crippen LogP contribution in [0.1, 0.15) is 40.0 Å². The van der Waals surface area contributed by atoms with E-state index in [0.29, 0.717) is 5.41 Å². The number of nitrogens with zero attached hydrogens (tertiary/aromatic N) is 1. The summed E-state index contributed by atoms with van der Waals surface area (Å²) in [5.41, 5.74) is 0.500. The lowest BCUT2D eigenvalue weighted by Crippen LogP contribution is -2.48. The molecule has 1 atom stereocenters. The van der Waals surface area contributed by atoms with Gasteiger partial charge in [-0.25, -0.2) is 0 Å². The van der Waals surface area contributed by atoms with Crippen molar-refractivity contribution in [1.29, 1.82) is 0 Å². The zero-order chi connectivity index (χ0) is 12.6. The summed E-state index contributed by atoms with van der Waals surface area (Å²) in [5.74, 6) is 0. The first-order valence-corrected chi connectivity index (χ1v) is 7.27. The maximum Gasteiger partial charge on any atom is 0.0593 e. The van der Waals surface area contributed by atoms with E-state index in [1.54, 1.807) is 0 Å². The van der Waals surface area contributed by atoms with Gasteiger partial charge in [-0.1, -0.05) is 13.8 Å². The SMILES string of the molecule is CCOCCN(CC)CC1(CC)CCCNC1. The van der Waals surface area contributed by atoms with Gasteiger partial charge in [0.05, 0.1) is 6.61 Å². The van der Waals surface area contributed by atoms with E-state index in [1.165, 1.54) is 38.9 Å². The minimum atomic E-state index is 0.500. The minimum Gasteiger partial charge on any atom is -0.380 e. The molecular formula is C14H30N2O. The van der Waals surface area contributed by atoms with Crippen molar-refractivity contribution in [2.75, 3.05) is 45.9 Å². The van der Waals surface area contributed by atoms with Gasteiger partial charge in [0.25, 0.3) is 0 Å². The quantitative estimate of drug-likeness (QED) is 0.660. The van der Waals surface area contributed by atoms with Gasteiger partial charge in [-0.3, -0.25) is 0 Å². The van der Waals surface area contributed by atoms with Crippen molar-refractivity contribution in [2.45, 2.75) is 40.0 Å². The third-order valence-electron chi connectivity index (χ3n) is 4.07. The first kappa shape index (κ1) is 14.9. The molecule has 3 heteroatoms. The fourth-order valence-electron chi connectivity index (χ4n) is 2.74. The number of likely N-dealkylation sites (N-methyl/N-ethyl adjacent to an activating group) is 1. The molecule has 0 radical (unpaired) electrons. The molecule has 1 aliphatic heterocycles. The topological polar surface area (TPSA) is 24.5 Å². The molecule has 0 aromatic carbocycles. The fourth-order valence-corrected chi connectivity index (χ4v) is 2.74. The van der Waals surface area contributed by atoms with Crippen molar-refractivity contribution in [3.8, 4) is 0 Å². The third-order valence-corrected chi connectivity index (χ3v) is 4.07. The molecule has 0 saturated carbocycles. The van der Waals surface area contributed by atoms with E-state index in [9.17, 15) is 0 Å². The minimum absolute atomic E-state index is 0.500. The molecule has 0 bridgehead atoms. The van der Waals surface area contributed by atoms with Crippen LogP contribution in [0.3, 0.4) is 0 Å². The largest absolute Gasteiger partial charge is 0.380 e. The molecule has 0 aromatic rings. The fraction of sp³-hybridized carbons (Fsp3) is 1.00. The van der Waals surface area contributed by atoms with E-state index in [2.05, 4.69) is 31.0 Å². The van der Waals surface area contributed by atoms with Crippen LogP contribution in [0.2, 0.25) is 0 Å². The van der Waals surface area contributed by atoms with Gasteiger partial charge in [0.1, 0.15) is 0 Å². The first-order valence-electron chi connectivity index (χ1n) is 7.27. The normalized spacial score (nSPS) is 25.4. The summed E-state index contributed by atoms with van der Waals surface area (Å²) in [5, 5.41) is 3.57. The Labute approximate surface area is 107 Å². The van der Waals surface area contributed by atoms with Crippen LogP contribution in [0.4, 0.5) is 0 Å². The van der Waals surface area contributed by atoms with Crippen molar-refractivity contribution in [2.24, 2.45) is 5.41 Å². The van der Waals surface area contributed by atoms with E-state index in [4.69, 9.17) is 4.74 Å². The highest BCUT2D eigenvalue weighted by Gasteiger charge is 2.31. The molecule has 0 aromatic heterocycles. The van der Waals surface area contributed by atoms with E-state index in [1.807, 2.05) is 0 Å². The number of piperidine rings is 1. The van der Waals surface area contributed by atoms with Gasteiger partial charge in [-0.2, -0.15) is 0 Å². The molecule has 0 spiro atoms. The Hall–Kier alpha value is -0.120. The Balaban J connectivity index is 2.40. The molecular weight excluding hydrogens is 212 g/mol. The van der Waals surface area contributed by atoms with Gasteiger partial charge < -0.3 is 15.0 Å². The summed E-state index contributed by atoms with van der Waals surface area (Å²) in [6, 6.07) is 0. The second kappa shape index (κ2) is 8.06. The molecule has 102 valence electrons. The van der Waals surface area contributed by atoms with Crippen molar-refractivity contribution in [3.05, 3.63) is 0 Å². The molecule has 1 heterocycles.